The second-order valence-corrected chi connectivity index (χ2v) is 6.07. The standard InChI is InChI=1S/C13H16N2O2S2/c1-2-7-15-13(16)17-9-8-14-12-10-5-3-4-6-11(10)18-19-12/h3-6H,2,7-9H2,1H3,(H,15,16). The number of amides is 1. The van der Waals surface area contributed by atoms with Gasteiger partial charge in [-0.2, -0.15) is 0 Å². The van der Waals surface area contributed by atoms with Gasteiger partial charge in [0.25, 0.3) is 0 Å². The Hall–Kier alpha value is -1.40. The predicted molar refractivity (Wildman–Crippen MR) is 79.8 cm³/mol. The van der Waals surface area contributed by atoms with E-state index < -0.39 is 0 Å². The summed E-state index contributed by atoms with van der Waals surface area (Å²) in [6, 6.07) is 8.19. The lowest BCUT2D eigenvalue weighted by Crippen LogP contribution is -2.25. The number of fused-ring (bicyclic) bond motifs is 1. The maximum Gasteiger partial charge on any atom is 0.407 e. The molecule has 0 unspecified atom stereocenters. The Bertz CT molecular complexity index is 604. The predicted octanol–water partition coefficient (Wildman–Crippen LogP) is 3.00. The van der Waals surface area contributed by atoms with Crippen LogP contribution in [0.5, 0.6) is 0 Å². The van der Waals surface area contributed by atoms with E-state index in [1.807, 2.05) is 19.1 Å². The lowest BCUT2D eigenvalue weighted by atomic mass is 10.3. The first-order chi connectivity index (χ1) is 9.31. The van der Waals surface area contributed by atoms with Gasteiger partial charge in [-0.3, -0.25) is 4.99 Å². The number of rotatable bonds is 5. The van der Waals surface area contributed by atoms with E-state index in [1.165, 1.54) is 10.1 Å². The van der Waals surface area contributed by atoms with Gasteiger partial charge in [-0.1, -0.05) is 45.8 Å². The van der Waals surface area contributed by atoms with Gasteiger partial charge in [0.1, 0.15) is 11.3 Å². The van der Waals surface area contributed by atoms with Gasteiger partial charge < -0.3 is 10.1 Å². The summed E-state index contributed by atoms with van der Waals surface area (Å²) in [6.07, 6.45) is 0.540. The lowest BCUT2D eigenvalue weighted by Gasteiger charge is -2.03. The first kappa shape index (κ1) is 14.0. The van der Waals surface area contributed by atoms with E-state index in [9.17, 15) is 4.79 Å². The van der Waals surface area contributed by atoms with Crippen LogP contribution >= 0.6 is 20.7 Å². The molecule has 1 amide bonds. The molecule has 0 saturated carbocycles. The number of nitrogens with one attached hydrogen (secondary N) is 1. The minimum Gasteiger partial charge on any atom is -0.448 e. The highest BCUT2D eigenvalue weighted by Crippen LogP contribution is 2.19. The monoisotopic (exact) mass is 296 g/mol. The summed E-state index contributed by atoms with van der Waals surface area (Å²) in [6.45, 7) is 3.45. The third-order valence-corrected chi connectivity index (χ3v) is 4.82. The number of carbonyl (C=O) groups excluding carboxylic acids is 1. The first-order valence-electron chi connectivity index (χ1n) is 6.20. The molecule has 0 aliphatic heterocycles. The van der Waals surface area contributed by atoms with Crippen molar-refractivity contribution in [3.63, 3.8) is 0 Å². The fourth-order valence-corrected chi connectivity index (χ4v) is 3.92. The fourth-order valence-electron chi connectivity index (χ4n) is 1.52. The zero-order chi connectivity index (χ0) is 13.5. The Labute approximate surface area is 119 Å². The molecular formula is C13H16N2O2S2. The second kappa shape index (κ2) is 7.25. The van der Waals surface area contributed by atoms with Crippen molar-refractivity contribution in [2.45, 2.75) is 13.3 Å². The maximum atomic E-state index is 11.2. The van der Waals surface area contributed by atoms with E-state index in [0.29, 0.717) is 19.7 Å². The van der Waals surface area contributed by atoms with Crippen LogP contribution in [0.1, 0.15) is 13.3 Å². The number of hydrogen-bond donors (Lipinski definition) is 1. The van der Waals surface area contributed by atoms with E-state index in [-0.39, 0.29) is 6.09 Å². The molecule has 0 aliphatic rings. The molecule has 0 saturated heterocycles. The number of nitrogens with zero attached hydrogens (tertiary/aromatic N) is 1. The molecule has 4 nitrogen and oxygen atoms in total. The van der Waals surface area contributed by atoms with Crippen molar-refractivity contribution in [1.29, 1.82) is 0 Å². The fraction of sp³-hybridized carbons (Fsp3) is 0.385. The highest BCUT2D eigenvalue weighted by molar-refractivity contribution is 7.71. The van der Waals surface area contributed by atoms with Gasteiger partial charge in [0, 0.05) is 16.6 Å². The normalized spacial score (nSPS) is 11.7. The summed E-state index contributed by atoms with van der Waals surface area (Å²) in [7, 11) is 3.37. The van der Waals surface area contributed by atoms with E-state index >= 15 is 0 Å². The minimum absolute atomic E-state index is 0.312. The van der Waals surface area contributed by atoms with Gasteiger partial charge in [-0.15, -0.1) is 0 Å². The molecule has 0 aliphatic carbocycles. The molecule has 1 N–H and O–H groups in total. The van der Waals surface area contributed by atoms with Gasteiger partial charge in [0.05, 0.1) is 6.54 Å². The Morgan fingerprint density at radius 1 is 1.37 bits per heavy atom. The number of benzene rings is 1. The SMILES string of the molecule is CCCNC(=O)OCCN=c1ssc2ccccc12. The Balaban J connectivity index is 1.87. The van der Waals surface area contributed by atoms with Crippen LogP contribution in [0.2, 0.25) is 0 Å². The molecule has 6 heteroatoms. The number of hydrogen-bond acceptors (Lipinski definition) is 5. The summed E-state index contributed by atoms with van der Waals surface area (Å²) in [5.74, 6) is 0. The van der Waals surface area contributed by atoms with Gasteiger partial charge in [0.2, 0.25) is 0 Å². The first-order valence-corrected chi connectivity index (χ1v) is 8.35. The topological polar surface area (TPSA) is 50.7 Å². The van der Waals surface area contributed by atoms with Gasteiger partial charge >= 0.3 is 6.09 Å². The Morgan fingerprint density at radius 3 is 3.05 bits per heavy atom. The van der Waals surface area contributed by atoms with E-state index in [2.05, 4.69) is 22.4 Å². The largest absolute Gasteiger partial charge is 0.448 e. The van der Waals surface area contributed by atoms with Crippen LogP contribution < -0.4 is 9.99 Å². The Morgan fingerprint density at radius 2 is 2.21 bits per heavy atom. The quantitative estimate of drug-likeness (QED) is 0.681. The summed E-state index contributed by atoms with van der Waals surface area (Å²) >= 11 is 0. The average Bonchev–Trinajstić information content (AvgIpc) is 2.85. The molecule has 0 spiro atoms. The van der Waals surface area contributed by atoms with Gasteiger partial charge in [-0.05, 0) is 12.5 Å². The molecule has 1 heterocycles. The van der Waals surface area contributed by atoms with Crippen molar-refractivity contribution in [3.05, 3.63) is 28.9 Å². The highest BCUT2D eigenvalue weighted by atomic mass is 32.9. The zero-order valence-electron chi connectivity index (χ0n) is 10.7. The van der Waals surface area contributed by atoms with Crippen LogP contribution in [0.3, 0.4) is 0 Å². The van der Waals surface area contributed by atoms with Gasteiger partial charge in [-0.25, -0.2) is 4.79 Å². The smallest absolute Gasteiger partial charge is 0.407 e. The van der Waals surface area contributed by atoms with E-state index in [0.717, 1.165) is 11.1 Å². The van der Waals surface area contributed by atoms with Gasteiger partial charge in [0.15, 0.2) is 0 Å². The van der Waals surface area contributed by atoms with Crippen LogP contribution in [0.4, 0.5) is 4.79 Å². The third-order valence-electron chi connectivity index (χ3n) is 2.43. The number of carbonyl (C=O) groups is 1. The van der Waals surface area contributed by atoms with Crippen molar-refractivity contribution in [2.24, 2.45) is 4.99 Å². The van der Waals surface area contributed by atoms with Crippen LogP contribution in [0, 0.1) is 0 Å². The van der Waals surface area contributed by atoms with Crippen molar-refractivity contribution in [1.82, 2.24) is 5.32 Å². The van der Waals surface area contributed by atoms with Crippen molar-refractivity contribution >= 4 is 36.9 Å². The van der Waals surface area contributed by atoms with Crippen LogP contribution in [0.15, 0.2) is 29.3 Å². The molecule has 1 aromatic heterocycles. The second-order valence-electron chi connectivity index (χ2n) is 3.91. The Kier molecular flexibility index (Phi) is 5.35. The summed E-state index contributed by atoms with van der Waals surface area (Å²) < 4.78 is 7.27. The van der Waals surface area contributed by atoms with E-state index in [1.54, 1.807) is 20.7 Å². The summed E-state index contributed by atoms with van der Waals surface area (Å²) in [4.78, 5) is 15.7. The molecule has 102 valence electrons. The maximum absolute atomic E-state index is 11.2. The number of ether oxygens (including phenoxy) is 1. The molecule has 1 aromatic carbocycles. The molecular weight excluding hydrogens is 280 g/mol. The summed E-state index contributed by atoms with van der Waals surface area (Å²) in [5, 5.41) is 3.83. The molecule has 0 atom stereocenters. The van der Waals surface area contributed by atoms with Crippen molar-refractivity contribution in [2.75, 3.05) is 19.7 Å². The van der Waals surface area contributed by atoms with Crippen LogP contribution in [0.25, 0.3) is 10.1 Å². The zero-order valence-corrected chi connectivity index (χ0v) is 12.4. The molecule has 19 heavy (non-hydrogen) atoms. The molecule has 0 bridgehead atoms. The van der Waals surface area contributed by atoms with Crippen LogP contribution in [-0.2, 0) is 4.74 Å². The molecule has 2 rings (SSSR count). The van der Waals surface area contributed by atoms with Crippen LogP contribution in [-0.4, -0.2) is 25.8 Å². The molecule has 0 fully saturated rings. The van der Waals surface area contributed by atoms with E-state index in [4.69, 9.17) is 4.74 Å². The summed E-state index contributed by atoms with van der Waals surface area (Å²) in [5.41, 5.74) is 0. The lowest BCUT2D eigenvalue weighted by molar-refractivity contribution is 0.149. The van der Waals surface area contributed by atoms with Crippen molar-refractivity contribution in [3.8, 4) is 0 Å². The molecule has 0 radical (unpaired) electrons. The average molecular weight is 296 g/mol. The number of alkyl carbamates (subject to hydrolysis) is 1. The highest BCUT2D eigenvalue weighted by Gasteiger charge is 2.00. The minimum atomic E-state index is -0.365. The van der Waals surface area contributed by atoms with Crippen molar-refractivity contribution < 1.29 is 9.53 Å². The molecule has 2 aromatic rings. The third kappa shape index (κ3) is 4.04.